The minimum absolute atomic E-state index is 0.00249. The van der Waals surface area contributed by atoms with Gasteiger partial charge in [0.1, 0.15) is 0 Å². The third-order valence-electron chi connectivity index (χ3n) is 3.86. The quantitative estimate of drug-likeness (QED) is 0.654. The van der Waals surface area contributed by atoms with Gasteiger partial charge in [-0.2, -0.15) is 0 Å². The van der Waals surface area contributed by atoms with Gasteiger partial charge in [-0.25, -0.2) is 0 Å². The van der Waals surface area contributed by atoms with Gasteiger partial charge in [0.15, 0.2) is 5.78 Å². The Hall–Kier alpha value is -3.28. The average Bonchev–Trinajstić information content (AvgIpc) is 3.12. The van der Waals surface area contributed by atoms with Gasteiger partial charge in [0.05, 0.1) is 0 Å². The van der Waals surface area contributed by atoms with E-state index >= 15 is 0 Å². The maximum absolute atomic E-state index is 12.0. The van der Waals surface area contributed by atoms with Crippen molar-refractivity contribution in [2.24, 2.45) is 0 Å². The molecule has 0 aliphatic carbocycles. The molecule has 1 N–H and O–H groups in total. The van der Waals surface area contributed by atoms with Crippen molar-refractivity contribution in [2.45, 2.75) is 26.2 Å². The Bertz CT molecular complexity index is 886. The highest BCUT2D eigenvalue weighted by atomic mass is 16.4. The van der Waals surface area contributed by atoms with E-state index in [-0.39, 0.29) is 11.7 Å². The summed E-state index contributed by atoms with van der Waals surface area (Å²) in [4.78, 5) is 23.2. The number of ketones is 1. The van der Waals surface area contributed by atoms with Crippen molar-refractivity contribution < 1.29 is 14.0 Å². The maximum Gasteiger partial charge on any atom is 0.247 e. The second-order valence-electron chi connectivity index (χ2n) is 5.90. The van der Waals surface area contributed by atoms with Crippen molar-refractivity contribution in [3.63, 3.8) is 0 Å². The molecule has 0 radical (unpaired) electrons. The maximum atomic E-state index is 12.0. The fraction of sp³-hybridized carbons (Fsp3) is 0.200. The summed E-state index contributed by atoms with van der Waals surface area (Å²) in [7, 11) is 0. The number of nitrogens with one attached hydrogen (secondary N) is 1. The van der Waals surface area contributed by atoms with Gasteiger partial charge in [-0.3, -0.25) is 9.59 Å². The topological polar surface area (TPSA) is 85.1 Å². The number of carbonyl (C=O) groups is 2. The number of aryl methyl sites for hydroxylation is 1. The van der Waals surface area contributed by atoms with Gasteiger partial charge in [0.25, 0.3) is 0 Å². The standard InChI is InChI=1S/C20H19N3O3/c1-14(24)15-10-12-17(13-11-15)21-18(25)8-5-9-19-22-23-20(26-19)16-6-3-2-4-7-16/h2-4,6-7,10-13H,5,8-9H2,1H3,(H,21,25). The highest BCUT2D eigenvalue weighted by Crippen LogP contribution is 2.18. The van der Waals surface area contributed by atoms with Gasteiger partial charge in [0, 0.05) is 29.7 Å². The Labute approximate surface area is 151 Å². The summed E-state index contributed by atoms with van der Waals surface area (Å²) in [5.41, 5.74) is 2.16. The summed E-state index contributed by atoms with van der Waals surface area (Å²) in [5.74, 6) is 0.902. The molecule has 3 aromatic rings. The summed E-state index contributed by atoms with van der Waals surface area (Å²) < 4.78 is 5.62. The van der Waals surface area contributed by atoms with E-state index < -0.39 is 0 Å². The van der Waals surface area contributed by atoms with E-state index in [9.17, 15) is 9.59 Å². The normalized spacial score (nSPS) is 10.5. The molecule has 3 rings (SSSR count). The van der Waals surface area contributed by atoms with Crippen LogP contribution in [-0.4, -0.2) is 21.9 Å². The zero-order valence-electron chi connectivity index (χ0n) is 14.4. The van der Waals surface area contributed by atoms with Gasteiger partial charge in [-0.05, 0) is 49.7 Å². The number of nitrogens with zero attached hydrogens (tertiary/aromatic N) is 2. The summed E-state index contributed by atoms with van der Waals surface area (Å²) in [6.07, 6.45) is 1.49. The van der Waals surface area contributed by atoms with Crippen molar-refractivity contribution >= 4 is 17.4 Å². The smallest absolute Gasteiger partial charge is 0.247 e. The third-order valence-corrected chi connectivity index (χ3v) is 3.86. The van der Waals surface area contributed by atoms with E-state index in [0.29, 0.717) is 42.3 Å². The molecule has 6 nitrogen and oxygen atoms in total. The molecule has 0 unspecified atom stereocenters. The zero-order valence-corrected chi connectivity index (χ0v) is 14.4. The van der Waals surface area contributed by atoms with Crippen molar-refractivity contribution in [3.8, 4) is 11.5 Å². The van der Waals surface area contributed by atoms with Crippen LogP contribution in [-0.2, 0) is 11.2 Å². The second-order valence-corrected chi connectivity index (χ2v) is 5.90. The summed E-state index contributed by atoms with van der Waals surface area (Å²) >= 11 is 0. The molecule has 0 aliphatic heterocycles. The first kappa shape index (κ1) is 17.5. The molecule has 0 atom stereocenters. The number of benzene rings is 2. The van der Waals surface area contributed by atoms with Gasteiger partial charge in [0.2, 0.25) is 17.7 Å². The molecule has 26 heavy (non-hydrogen) atoms. The molecule has 1 aromatic heterocycles. The number of aromatic nitrogens is 2. The summed E-state index contributed by atoms with van der Waals surface area (Å²) in [6.45, 7) is 1.51. The Morgan fingerprint density at radius 1 is 1.00 bits per heavy atom. The van der Waals surface area contributed by atoms with Gasteiger partial charge >= 0.3 is 0 Å². The highest BCUT2D eigenvalue weighted by molar-refractivity contribution is 5.95. The van der Waals surface area contributed by atoms with Gasteiger partial charge in [-0.1, -0.05) is 18.2 Å². The van der Waals surface area contributed by atoms with Crippen molar-refractivity contribution in [2.75, 3.05) is 5.32 Å². The Balaban J connectivity index is 1.46. The number of hydrogen-bond acceptors (Lipinski definition) is 5. The number of Topliss-reactive ketones (excluding diaryl/α,β-unsaturated/α-hetero) is 1. The van der Waals surface area contributed by atoms with Crippen LogP contribution < -0.4 is 5.32 Å². The lowest BCUT2D eigenvalue weighted by atomic mass is 10.1. The number of hydrogen-bond donors (Lipinski definition) is 1. The molecule has 1 amide bonds. The highest BCUT2D eigenvalue weighted by Gasteiger charge is 2.09. The fourth-order valence-corrected chi connectivity index (χ4v) is 2.46. The van der Waals surface area contributed by atoms with Crippen LogP contribution in [0.1, 0.15) is 36.0 Å². The van der Waals surface area contributed by atoms with E-state index in [2.05, 4.69) is 15.5 Å². The Morgan fingerprint density at radius 3 is 2.42 bits per heavy atom. The Kier molecular flexibility index (Phi) is 5.53. The molecule has 1 heterocycles. The van der Waals surface area contributed by atoms with E-state index in [1.54, 1.807) is 24.3 Å². The molecule has 0 fully saturated rings. The second kappa shape index (κ2) is 8.20. The molecule has 0 spiro atoms. The van der Waals surface area contributed by atoms with Crippen LogP contribution in [0.2, 0.25) is 0 Å². The predicted octanol–water partition coefficient (Wildman–Crippen LogP) is 3.90. The lowest BCUT2D eigenvalue weighted by Gasteiger charge is -2.05. The molecular formula is C20H19N3O3. The molecule has 0 bridgehead atoms. The lowest BCUT2D eigenvalue weighted by Crippen LogP contribution is -2.11. The first-order chi connectivity index (χ1) is 12.6. The zero-order chi connectivity index (χ0) is 18.4. The number of amides is 1. The molecule has 0 aliphatic rings. The summed E-state index contributed by atoms with van der Waals surface area (Å²) in [5, 5.41) is 10.9. The fourth-order valence-electron chi connectivity index (χ4n) is 2.46. The Morgan fingerprint density at radius 2 is 1.73 bits per heavy atom. The van der Waals surface area contributed by atoms with E-state index in [4.69, 9.17) is 4.42 Å². The summed E-state index contributed by atoms with van der Waals surface area (Å²) in [6, 6.07) is 16.4. The minimum Gasteiger partial charge on any atom is -0.421 e. The lowest BCUT2D eigenvalue weighted by molar-refractivity contribution is -0.116. The van der Waals surface area contributed by atoms with Crippen molar-refractivity contribution in [3.05, 3.63) is 66.1 Å². The minimum atomic E-state index is -0.0941. The van der Waals surface area contributed by atoms with Gasteiger partial charge in [-0.15, -0.1) is 10.2 Å². The number of anilines is 1. The van der Waals surface area contributed by atoms with Gasteiger partial charge < -0.3 is 9.73 Å². The molecule has 6 heteroatoms. The van der Waals surface area contributed by atoms with E-state index in [1.807, 2.05) is 30.3 Å². The molecule has 132 valence electrons. The van der Waals surface area contributed by atoms with Crippen molar-refractivity contribution in [1.29, 1.82) is 0 Å². The average molecular weight is 349 g/mol. The van der Waals surface area contributed by atoms with Crippen LogP contribution in [0.25, 0.3) is 11.5 Å². The van der Waals surface area contributed by atoms with E-state index in [0.717, 1.165) is 5.56 Å². The third kappa shape index (κ3) is 4.63. The van der Waals surface area contributed by atoms with Crippen LogP contribution in [0.4, 0.5) is 5.69 Å². The largest absolute Gasteiger partial charge is 0.421 e. The van der Waals surface area contributed by atoms with Crippen molar-refractivity contribution in [1.82, 2.24) is 10.2 Å². The SMILES string of the molecule is CC(=O)c1ccc(NC(=O)CCCc2nnc(-c3ccccc3)o2)cc1. The first-order valence-corrected chi connectivity index (χ1v) is 8.40. The van der Waals surface area contributed by atoms with Crippen LogP contribution >= 0.6 is 0 Å². The number of carbonyl (C=O) groups excluding carboxylic acids is 2. The van der Waals surface area contributed by atoms with Crippen LogP contribution in [0.3, 0.4) is 0 Å². The number of rotatable bonds is 7. The van der Waals surface area contributed by atoms with E-state index in [1.165, 1.54) is 6.92 Å². The predicted molar refractivity (Wildman–Crippen MR) is 97.7 cm³/mol. The van der Waals surface area contributed by atoms with Crippen LogP contribution in [0.15, 0.2) is 59.0 Å². The first-order valence-electron chi connectivity index (χ1n) is 8.40. The monoisotopic (exact) mass is 349 g/mol. The van der Waals surface area contributed by atoms with Crippen LogP contribution in [0, 0.1) is 0 Å². The molecule has 0 saturated heterocycles. The molecule has 0 saturated carbocycles. The molecule has 2 aromatic carbocycles. The molecular weight excluding hydrogens is 330 g/mol. The van der Waals surface area contributed by atoms with Crippen LogP contribution in [0.5, 0.6) is 0 Å².